The second-order valence-electron chi connectivity index (χ2n) is 1.55. The maximum absolute atomic E-state index is 10.0. The molecule has 0 unspecified atom stereocenters. The van der Waals surface area contributed by atoms with E-state index in [-0.39, 0.29) is 5.97 Å². The Balaban J connectivity index is 0.000000187. The predicted molar refractivity (Wildman–Crippen MR) is 31.5 cm³/mol. The molecule has 9 heavy (non-hydrogen) atoms. The van der Waals surface area contributed by atoms with Gasteiger partial charge in [-0.1, -0.05) is 0 Å². The number of carbonyl (C=O) groups is 1. The molecule has 3 nitrogen and oxygen atoms in total. The van der Waals surface area contributed by atoms with Gasteiger partial charge in [0.25, 0.3) is 0 Å². The van der Waals surface area contributed by atoms with Crippen LogP contribution in [0.3, 0.4) is 0 Å². The fraction of sp³-hybridized carbons (Fsp3) is 0.667. The van der Waals surface area contributed by atoms with Crippen molar-refractivity contribution < 1.29 is 9.53 Å². The summed E-state index contributed by atoms with van der Waals surface area (Å²) in [5, 5.41) is 7.32. The average Bonchev–Trinajstić information content (AvgIpc) is 2.20. The Hall–Kier alpha value is -1.04. The van der Waals surface area contributed by atoms with Gasteiger partial charge >= 0.3 is 5.97 Å². The molecule has 0 radical (unpaired) electrons. The van der Waals surface area contributed by atoms with Gasteiger partial charge in [0, 0.05) is 13.3 Å². The molecule has 0 amide bonds. The molecule has 1 fully saturated rings. The lowest BCUT2D eigenvalue weighted by molar-refractivity contribution is -0.137. The van der Waals surface area contributed by atoms with Crippen molar-refractivity contribution in [3.63, 3.8) is 0 Å². The average molecular weight is 127 g/mol. The van der Waals surface area contributed by atoms with Gasteiger partial charge in [0.05, 0.1) is 12.7 Å². The number of nitrogens with zero attached hydrogens (tertiary/aromatic N) is 1. The summed E-state index contributed by atoms with van der Waals surface area (Å²) in [7, 11) is 0. The van der Waals surface area contributed by atoms with Crippen LogP contribution in [0.1, 0.15) is 19.8 Å². The molecule has 1 rings (SSSR count). The van der Waals surface area contributed by atoms with Crippen LogP contribution in [0.2, 0.25) is 0 Å². The maximum Gasteiger partial charge on any atom is 0.305 e. The Labute approximate surface area is 54.2 Å². The minimum atomic E-state index is -0.0463. The summed E-state index contributed by atoms with van der Waals surface area (Å²) in [6, 6.07) is 1.75. The Morgan fingerprint density at radius 1 is 1.78 bits per heavy atom. The van der Waals surface area contributed by atoms with Gasteiger partial charge in [-0.3, -0.25) is 4.79 Å². The molecule has 1 aliphatic rings. The molecule has 0 N–H and O–H groups in total. The smallest absolute Gasteiger partial charge is 0.305 e. The molecule has 1 saturated heterocycles. The number of nitriles is 1. The van der Waals surface area contributed by atoms with Gasteiger partial charge < -0.3 is 4.74 Å². The minimum Gasteiger partial charge on any atom is -0.466 e. The van der Waals surface area contributed by atoms with Crippen LogP contribution in [-0.4, -0.2) is 12.6 Å². The number of ether oxygens (including phenoxy) is 1. The lowest BCUT2D eigenvalue weighted by Crippen LogP contribution is -1.88. The summed E-state index contributed by atoms with van der Waals surface area (Å²) in [4.78, 5) is 10.0. The standard InChI is InChI=1S/C4H6O2.C2H3N/c5-4-2-1-3-6-4;1-2-3/h1-3H2;1H3. The number of esters is 1. The molecule has 0 saturated carbocycles. The Bertz CT molecular complexity index is 118. The van der Waals surface area contributed by atoms with E-state index < -0.39 is 0 Å². The molecule has 0 spiro atoms. The van der Waals surface area contributed by atoms with Gasteiger partial charge in [-0.15, -0.1) is 0 Å². The zero-order valence-electron chi connectivity index (χ0n) is 5.39. The van der Waals surface area contributed by atoms with Crippen LogP contribution in [0.5, 0.6) is 0 Å². The van der Waals surface area contributed by atoms with Gasteiger partial charge in [0.1, 0.15) is 0 Å². The first-order valence-corrected chi connectivity index (χ1v) is 2.77. The highest BCUT2D eigenvalue weighted by Gasteiger charge is 2.08. The number of hydrogen-bond acceptors (Lipinski definition) is 3. The fourth-order valence-electron chi connectivity index (χ4n) is 0.475. The van der Waals surface area contributed by atoms with E-state index >= 15 is 0 Å². The van der Waals surface area contributed by atoms with E-state index in [1.165, 1.54) is 6.92 Å². The molecule has 0 aromatic heterocycles. The molecule has 1 aliphatic heterocycles. The van der Waals surface area contributed by atoms with Gasteiger partial charge in [0.2, 0.25) is 0 Å². The molecular weight excluding hydrogens is 118 g/mol. The Morgan fingerprint density at radius 3 is 2.44 bits per heavy atom. The van der Waals surface area contributed by atoms with Crippen molar-refractivity contribution in [3.05, 3.63) is 0 Å². The van der Waals surface area contributed by atoms with Crippen molar-refractivity contribution in [1.29, 1.82) is 5.26 Å². The Kier molecular flexibility index (Phi) is 4.51. The quantitative estimate of drug-likeness (QED) is 0.453. The summed E-state index contributed by atoms with van der Waals surface area (Å²) in [5.74, 6) is -0.0463. The molecule has 0 aromatic carbocycles. The van der Waals surface area contributed by atoms with E-state index in [4.69, 9.17) is 5.26 Å². The minimum absolute atomic E-state index is 0.0463. The third kappa shape index (κ3) is 4.82. The number of hydrogen-bond donors (Lipinski definition) is 0. The zero-order chi connectivity index (χ0) is 7.11. The summed E-state index contributed by atoms with van der Waals surface area (Å²) >= 11 is 0. The van der Waals surface area contributed by atoms with E-state index in [0.717, 1.165) is 6.42 Å². The van der Waals surface area contributed by atoms with Crippen LogP contribution in [0, 0.1) is 11.3 Å². The van der Waals surface area contributed by atoms with Crippen molar-refractivity contribution >= 4 is 5.97 Å². The summed E-state index contributed by atoms with van der Waals surface area (Å²) in [5.41, 5.74) is 0. The van der Waals surface area contributed by atoms with E-state index in [0.29, 0.717) is 13.0 Å². The highest BCUT2D eigenvalue weighted by molar-refractivity contribution is 5.70. The molecule has 1 heterocycles. The first-order chi connectivity index (χ1) is 4.31. The van der Waals surface area contributed by atoms with Crippen molar-refractivity contribution in [1.82, 2.24) is 0 Å². The molecular formula is C6H9NO2. The monoisotopic (exact) mass is 127 g/mol. The number of carbonyl (C=O) groups excluding carboxylic acids is 1. The number of rotatable bonds is 0. The summed E-state index contributed by atoms with van der Waals surface area (Å²) < 4.78 is 4.51. The normalized spacial score (nSPS) is 14.9. The van der Waals surface area contributed by atoms with E-state index in [9.17, 15) is 4.79 Å². The van der Waals surface area contributed by atoms with Crippen LogP contribution >= 0.6 is 0 Å². The van der Waals surface area contributed by atoms with Crippen molar-refractivity contribution in [3.8, 4) is 6.07 Å². The summed E-state index contributed by atoms with van der Waals surface area (Å²) in [6.07, 6.45) is 1.54. The highest BCUT2D eigenvalue weighted by atomic mass is 16.5. The SMILES string of the molecule is CC#N.O=C1CCCO1. The van der Waals surface area contributed by atoms with Gasteiger partial charge in [-0.2, -0.15) is 5.26 Å². The highest BCUT2D eigenvalue weighted by Crippen LogP contribution is 2.01. The van der Waals surface area contributed by atoms with Crippen LogP contribution in [0.15, 0.2) is 0 Å². The Morgan fingerprint density at radius 2 is 2.33 bits per heavy atom. The van der Waals surface area contributed by atoms with Crippen molar-refractivity contribution in [2.45, 2.75) is 19.8 Å². The van der Waals surface area contributed by atoms with Gasteiger partial charge in [-0.05, 0) is 6.42 Å². The van der Waals surface area contributed by atoms with E-state index in [2.05, 4.69) is 4.74 Å². The molecule has 50 valence electrons. The topological polar surface area (TPSA) is 50.1 Å². The lowest BCUT2D eigenvalue weighted by atomic mass is 10.4. The third-order valence-corrected chi connectivity index (χ3v) is 0.788. The molecule has 0 aromatic rings. The lowest BCUT2D eigenvalue weighted by Gasteiger charge is -1.81. The molecule has 0 bridgehead atoms. The first-order valence-electron chi connectivity index (χ1n) is 2.77. The third-order valence-electron chi connectivity index (χ3n) is 0.788. The first kappa shape index (κ1) is 7.96. The molecule has 0 aliphatic carbocycles. The van der Waals surface area contributed by atoms with Gasteiger partial charge in [-0.25, -0.2) is 0 Å². The van der Waals surface area contributed by atoms with Crippen molar-refractivity contribution in [2.24, 2.45) is 0 Å². The van der Waals surface area contributed by atoms with E-state index in [1.54, 1.807) is 6.07 Å². The second kappa shape index (κ2) is 5.10. The predicted octanol–water partition coefficient (Wildman–Crippen LogP) is 0.853. The zero-order valence-corrected chi connectivity index (χ0v) is 5.39. The van der Waals surface area contributed by atoms with Crippen LogP contribution in [-0.2, 0) is 9.53 Å². The van der Waals surface area contributed by atoms with Crippen LogP contribution in [0.25, 0.3) is 0 Å². The summed E-state index contributed by atoms with van der Waals surface area (Å²) in [6.45, 7) is 2.07. The fourth-order valence-corrected chi connectivity index (χ4v) is 0.475. The van der Waals surface area contributed by atoms with Crippen LogP contribution < -0.4 is 0 Å². The second-order valence-corrected chi connectivity index (χ2v) is 1.55. The van der Waals surface area contributed by atoms with Crippen molar-refractivity contribution in [2.75, 3.05) is 6.61 Å². The maximum atomic E-state index is 10.0. The van der Waals surface area contributed by atoms with Gasteiger partial charge in [0.15, 0.2) is 0 Å². The molecule has 0 atom stereocenters. The largest absolute Gasteiger partial charge is 0.466 e. The van der Waals surface area contributed by atoms with Crippen LogP contribution in [0.4, 0.5) is 0 Å². The van der Waals surface area contributed by atoms with E-state index in [1.807, 2.05) is 0 Å². The number of cyclic esters (lactones) is 1. The molecule has 3 heteroatoms.